The molecular weight excluding hydrogens is 212 g/mol. The summed E-state index contributed by atoms with van der Waals surface area (Å²) in [4.78, 5) is 11.1. The third-order valence-electron chi connectivity index (χ3n) is 2.98. The summed E-state index contributed by atoms with van der Waals surface area (Å²) in [6.45, 7) is 4.95. The van der Waals surface area contributed by atoms with E-state index in [1.165, 1.54) is 5.56 Å². The second kappa shape index (κ2) is 6.40. The molecule has 1 unspecified atom stereocenters. The molecule has 1 aromatic carbocycles. The first-order valence-electron chi connectivity index (χ1n) is 6.13. The minimum Gasteiger partial charge on any atom is -0.370 e. The van der Waals surface area contributed by atoms with E-state index in [2.05, 4.69) is 24.4 Å². The van der Waals surface area contributed by atoms with Crippen molar-refractivity contribution in [1.29, 1.82) is 0 Å². The van der Waals surface area contributed by atoms with Gasteiger partial charge in [0.1, 0.15) is 0 Å². The van der Waals surface area contributed by atoms with Crippen molar-refractivity contribution in [2.24, 2.45) is 5.73 Å². The zero-order valence-electron chi connectivity index (χ0n) is 10.7. The number of hydrogen-bond donors (Lipinski definition) is 2. The molecule has 0 saturated carbocycles. The lowest BCUT2D eigenvalue weighted by Crippen LogP contribution is -2.45. The van der Waals surface area contributed by atoms with Gasteiger partial charge in [-0.15, -0.1) is 0 Å². The predicted octanol–water partition coefficient (Wildman–Crippen LogP) is 1.86. The molecule has 0 spiro atoms. The summed E-state index contributed by atoms with van der Waals surface area (Å²) < 4.78 is 0. The number of aryl methyl sites for hydroxylation is 1. The van der Waals surface area contributed by atoms with Crippen LogP contribution in [0.2, 0.25) is 0 Å². The molecule has 0 aliphatic rings. The van der Waals surface area contributed by atoms with E-state index < -0.39 is 0 Å². The summed E-state index contributed by atoms with van der Waals surface area (Å²) in [5.74, 6) is -0.249. The molecule has 1 rings (SSSR count). The minimum atomic E-state index is -0.249. The van der Waals surface area contributed by atoms with Crippen molar-refractivity contribution >= 4 is 5.91 Å². The van der Waals surface area contributed by atoms with Crippen molar-refractivity contribution in [2.45, 2.75) is 38.6 Å². The number of rotatable bonds is 7. The van der Waals surface area contributed by atoms with Gasteiger partial charge in [0.2, 0.25) is 5.91 Å². The Labute approximate surface area is 103 Å². The van der Waals surface area contributed by atoms with Gasteiger partial charge in [-0.1, -0.05) is 37.3 Å². The lowest BCUT2D eigenvalue weighted by Gasteiger charge is -2.29. The molecular formula is C14H22N2O. The van der Waals surface area contributed by atoms with Gasteiger partial charge in [0.15, 0.2) is 0 Å². The van der Waals surface area contributed by atoms with E-state index in [1.807, 2.05) is 25.1 Å². The van der Waals surface area contributed by atoms with Crippen LogP contribution in [0.4, 0.5) is 0 Å². The Morgan fingerprint density at radius 2 is 2.00 bits per heavy atom. The Balaban J connectivity index is 2.58. The monoisotopic (exact) mass is 234 g/mol. The van der Waals surface area contributed by atoms with Crippen LogP contribution in [0.15, 0.2) is 30.3 Å². The smallest absolute Gasteiger partial charge is 0.219 e. The van der Waals surface area contributed by atoms with Crippen molar-refractivity contribution in [3.05, 3.63) is 35.9 Å². The highest BCUT2D eigenvalue weighted by molar-refractivity contribution is 5.75. The maximum atomic E-state index is 11.1. The first kappa shape index (κ1) is 13.7. The van der Waals surface area contributed by atoms with Gasteiger partial charge in [-0.3, -0.25) is 4.79 Å². The van der Waals surface area contributed by atoms with E-state index in [0.717, 1.165) is 19.4 Å². The number of benzene rings is 1. The van der Waals surface area contributed by atoms with Crippen molar-refractivity contribution in [2.75, 3.05) is 6.54 Å². The molecule has 0 aliphatic heterocycles. The van der Waals surface area contributed by atoms with E-state index in [0.29, 0.717) is 6.42 Å². The molecule has 1 amide bonds. The molecule has 0 radical (unpaired) electrons. The van der Waals surface area contributed by atoms with Gasteiger partial charge < -0.3 is 11.1 Å². The predicted molar refractivity (Wildman–Crippen MR) is 70.7 cm³/mol. The fourth-order valence-electron chi connectivity index (χ4n) is 2.12. The third kappa shape index (κ3) is 5.00. The van der Waals surface area contributed by atoms with Gasteiger partial charge >= 0.3 is 0 Å². The average molecular weight is 234 g/mol. The van der Waals surface area contributed by atoms with E-state index in [9.17, 15) is 4.79 Å². The average Bonchev–Trinajstić information content (AvgIpc) is 2.27. The highest BCUT2D eigenvalue weighted by atomic mass is 16.1. The van der Waals surface area contributed by atoms with Gasteiger partial charge in [0, 0.05) is 12.0 Å². The number of primary amides is 1. The lowest BCUT2D eigenvalue weighted by atomic mass is 9.89. The molecule has 3 nitrogen and oxygen atoms in total. The Morgan fingerprint density at radius 3 is 2.53 bits per heavy atom. The Morgan fingerprint density at radius 1 is 1.35 bits per heavy atom. The molecule has 0 bridgehead atoms. The van der Waals surface area contributed by atoms with Crippen LogP contribution in [0.5, 0.6) is 0 Å². The normalized spacial score (nSPS) is 14.2. The maximum absolute atomic E-state index is 11.1. The molecule has 94 valence electrons. The molecule has 3 heteroatoms. The minimum absolute atomic E-state index is 0.198. The largest absolute Gasteiger partial charge is 0.370 e. The summed E-state index contributed by atoms with van der Waals surface area (Å²) in [5, 5.41) is 3.36. The molecule has 17 heavy (non-hydrogen) atoms. The zero-order chi connectivity index (χ0) is 12.7. The van der Waals surface area contributed by atoms with Crippen molar-refractivity contribution < 1.29 is 4.79 Å². The van der Waals surface area contributed by atoms with Gasteiger partial charge in [0.05, 0.1) is 0 Å². The number of amides is 1. The van der Waals surface area contributed by atoms with Crippen molar-refractivity contribution in [1.82, 2.24) is 5.32 Å². The van der Waals surface area contributed by atoms with Crippen LogP contribution in [0.3, 0.4) is 0 Å². The molecule has 0 saturated heterocycles. The van der Waals surface area contributed by atoms with Gasteiger partial charge in [-0.05, 0) is 31.9 Å². The zero-order valence-corrected chi connectivity index (χ0v) is 10.7. The lowest BCUT2D eigenvalue weighted by molar-refractivity contribution is -0.119. The van der Waals surface area contributed by atoms with Gasteiger partial charge in [-0.25, -0.2) is 0 Å². The van der Waals surface area contributed by atoms with E-state index in [1.54, 1.807) is 0 Å². The van der Waals surface area contributed by atoms with Crippen LogP contribution in [0, 0.1) is 0 Å². The van der Waals surface area contributed by atoms with Crippen LogP contribution < -0.4 is 11.1 Å². The van der Waals surface area contributed by atoms with E-state index in [4.69, 9.17) is 5.73 Å². The quantitative estimate of drug-likeness (QED) is 0.756. The summed E-state index contributed by atoms with van der Waals surface area (Å²) in [6.07, 6.45) is 2.25. The summed E-state index contributed by atoms with van der Waals surface area (Å²) >= 11 is 0. The van der Waals surface area contributed by atoms with Crippen LogP contribution in [0.1, 0.15) is 32.3 Å². The second-order valence-corrected chi connectivity index (χ2v) is 4.72. The molecule has 0 fully saturated rings. The molecule has 1 atom stereocenters. The van der Waals surface area contributed by atoms with E-state index in [-0.39, 0.29) is 11.4 Å². The topological polar surface area (TPSA) is 55.1 Å². The van der Waals surface area contributed by atoms with Crippen LogP contribution in [0.25, 0.3) is 0 Å². The number of hydrogen-bond acceptors (Lipinski definition) is 2. The first-order chi connectivity index (χ1) is 8.06. The summed E-state index contributed by atoms with van der Waals surface area (Å²) in [6, 6.07) is 10.3. The van der Waals surface area contributed by atoms with Crippen molar-refractivity contribution in [3.63, 3.8) is 0 Å². The number of nitrogens with one attached hydrogen (secondary N) is 1. The van der Waals surface area contributed by atoms with Crippen LogP contribution in [-0.2, 0) is 11.2 Å². The third-order valence-corrected chi connectivity index (χ3v) is 2.98. The van der Waals surface area contributed by atoms with Crippen LogP contribution >= 0.6 is 0 Å². The highest BCUT2D eigenvalue weighted by Gasteiger charge is 2.24. The van der Waals surface area contributed by atoms with E-state index >= 15 is 0 Å². The number of carbonyl (C=O) groups is 1. The number of carbonyl (C=O) groups excluding carboxylic acids is 1. The molecule has 3 N–H and O–H groups in total. The highest BCUT2D eigenvalue weighted by Crippen LogP contribution is 2.17. The molecule has 0 heterocycles. The number of nitrogens with two attached hydrogens (primary N) is 1. The SMILES string of the molecule is CCNC(C)(CCc1ccccc1)CC(N)=O. The van der Waals surface area contributed by atoms with Crippen molar-refractivity contribution in [3.8, 4) is 0 Å². The molecule has 0 aromatic heterocycles. The summed E-state index contributed by atoms with van der Waals surface area (Å²) in [7, 11) is 0. The fourth-order valence-corrected chi connectivity index (χ4v) is 2.12. The summed E-state index contributed by atoms with van der Waals surface area (Å²) in [5.41, 5.74) is 6.39. The molecule has 1 aromatic rings. The first-order valence-corrected chi connectivity index (χ1v) is 6.13. The maximum Gasteiger partial charge on any atom is 0.219 e. The standard InChI is InChI=1S/C14H22N2O/c1-3-16-14(2,11-13(15)17)10-9-12-7-5-4-6-8-12/h4-8,16H,3,9-11H2,1-2H3,(H2,15,17). The second-order valence-electron chi connectivity index (χ2n) is 4.72. The van der Waals surface area contributed by atoms with Crippen LogP contribution in [-0.4, -0.2) is 18.0 Å². The van der Waals surface area contributed by atoms with Gasteiger partial charge in [-0.2, -0.15) is 0 Å². The molecule has 0 aliphatic carbocycles. The Kier molecular flexibility index (Phi) is 5.16. The van der Waals surface area contributed by atoms with Gasteiger partial charge in [0.25, 0.3) is 0 Å². The fraction of sp³-hybridized carbons (Fsp3) is 0.500. The Hall–Kier alpha value is -1.35. The Bertz CT molecular complexity index is 350.